The topological polar surface area (TPSA) is 75.2 Å². The summed E-state index contributed by atoms with van der Waals surface area (Å²) in [6.45, 7) is 4.41. The van der Waals surface area contributed by atoms with Crippen molar-refractivity contribution in [3.63, 3.8) is 0 Å². The molecule has 0 spiro atoms. The van der Waals surface area contributed by atoms with Crippen LogP contribution in [-0.2, 0) is 22.6 Å². The standard InChI is InChI=1S/C10H18N4O2/c11-2-1-3-14-4-10(12-13-14)8-16-7-9-5-15-6-9/h4,9H,1-3,5-8,11H2. The number of ether oxygens (including phenoxy) is 2. The minimum Gasteiger partial charge on any atom is -0.381 e. The molecule has 1 aliphatic rings. The van der Waals surface area contributed by atoms with Gasteiger partial charge < -0.3 is 15.2 Å². The predicted molar refractivity (Wildman–Crippen MR) is 57.7 cm³/mol. The molecule has 2 heterocycles. The van der Waals surface area contributed by atoms with E-state index >= 15 is 0 Å². The van der Waals surface area contributed by atoms with Gasteiger partial charge in [-0.05, 0) is 13.0 Å². The molecule has 90 valence electrons. The van der Waals surface area contributed by atoms with Gasteiger partial charge in [-0.15, -0.1) is 5.10 Å². The maximum Gasteiger partial charge on any atom is 0.108 e. The van der Waals surface area contributed by atoms with Gasteiger partial charge in [0.1, 0.15) is 5.69 Å². The number of aromatic nitrogens is 3. The predicted octanol–water partition coefficient (Wildman–Crippen LogP) is -0.210. The fourth-order valence-corrected chi connectivity index (χ4v) is 1.48. The summed E-state index contributed by atoms with van der Waals surface area (Å²) in [4.78, 5) is 0. The van der Waals surface area contributed by atoms with Crippen molar-refractivity contribution in [2.24, 2.45) is 11.7 Å². The Morgan fingerprint density at radius 2 is 2.44 bits per heavy atom. The molecule has 1 saturated heterocycles. The van der Waals surface area contributed by atoms with Crippen molar-refractivity contribution in [1.82, 2.24) is 15.0 Å². The van der Waals surface area contributed by atoms with Gasteiger partial charge in [0.25, 0.3) is 0 Å². The molecule has 1 aromatic rings. The summed E-state index contributed by atoms with van der Waals surface area (Å²) < 4.78 is 12.4. The molecule has 2 rings (SSSR count). The Balaban J connectivity index is 1.65. The third-order valence-electron chi connectivity index (χ3n) is 2.49. The fraction of sp³-hybridized carbons (Fsp3) is 0.800. The maximum absolute atomic E-state index is 5.52. The summed E-state index contributed by atoms with van der Waals surface area (Å²) in [5.41, 5.74) is 6.29. The minimum atomic E-state index is 0.527. The van der Waals surface area contributed by atoms with Crippen molar-refractivity contribution >= 4 is 0 Å². The summed E-state index contributed by atoms with van der Waals surface area (Å²) in [6.07, 6.45) is 2.83. The average molecular weight is 226 g/mol. The van der Waals surface area contributed by atoms with Crippen LogP contribution in [-0.4, -0.2) is 41.4 Å². The van der Waals surface area contributed by atoms with Gasteiger partial charge in [-0.25, -0.2) is 0 Å². The first-order valence-electron chi connectivity index (χ1n) is 5.63. The highest BCUT2D eigenvalue weighted by molar-refractivity contribution is 4.89. The quantitative estimate of drug-likeness (QED) is 0.696. The average Bonchev–Trinajstić information content (AvgIpc) is 2.67. The minimum absolute atomic E-state index is 0.527. The molecule has 6 nitrogen and oxygen atoms in total. The van der Waals surface area contributed by atoms with Gasteiger partial charge in [0, 0.05) is 12.5 Å². The van der Waals surface area contributed by atoms with Crippen LogP contribution < -0.4 is 5.73 Å². The van der Waals surface area contributed by atoms with Gasteiger partial charge in [-0.2, -0.15) is 0 Å². The van der Waals surface area contributed by atoms with Gasteiger partial charge in [0.05, 0.1) is 32.6 Å². The van der Waals surface area contributed by atoms with Crippen molar-refractivity contribution in [2.75, 3.05) is 26.4 Å². The zero-order valence-electron chi connectivity index (χ0n) is 9.34. The summed E-state index contributed by atoms with van der Waals surface area (Å²) >= 11 is 0. The first-order valence-corrected chi connectivity index (χ1v) is 5.63. The van der Waals surface area contributed by atoms with Crippen LogP contribution in [0.25, 0.3) is 0 Å². The second-order valence-corrected chi connectivity index (χ2v) is 4.03. The molecule has 1 fully saturated rings. The van der Waals surface area contributed by atoms with Gasteiger partial charge in [0.15, 0.2) is 0 Å². The molecule has 0 atom stereocenters. The van der Waals surface area contributed by atoms with Crippen LogP contribution >= 0.6 is 0 Å². The van der Waals surface area contributed by atoms with Crippen molar-refractivity contribution < 1.29 is 9.47 Å². The van der Waals surface area contributed by atoms with E-state index in [1.165, 1.54) is 0 Å². The fourth-order valence-electron chi connectivity index (χ4n) is 1.48. The first kappa shape index (κ1) is 11.5. The van der Waals surface area contributed by atoms with Crippen LogP contribution in [0, 0.1) is 5.92 Å². The summed E-state index contributed by atoms with van der Waals surface area (Å²) in [7, 11) is 0. The lowest BCUT2D eigenvalue weighted by molar-refractivity contribution is -0.0748. The van der Waals surface area contributed by atoms with Crippen LogP contribution in [0.3, 0.4) is 0 Å². The molecule has 6 heteroatoms. The Hall–Kier alpha value is -0.980. The Kier molecular flexibility index (Phi) is 4.26. The van der Waals surface area contributed by atoms with E-state index in [1.54, 1.807) is 4.68 Å². The molecule has 0 unspecified atom stereocenters. The maximum atomic E-state index is 5.52. The highest BCUT2D eigenvalue weighted by Gasteiger charge is 2.18. The summed E-state index contributed by atoms with van der Waals surface area (Å²) in [6, 6.07) is 0. The van der Waals surface area contributed by atoms with Crippen molar-refractivity contribution in [2.45, 2.75) is 19.6 Å². The third kappa shape index (κ3) is 3.26. The smallest absolute Gasteiger partial charge is 0.108 e. The lowest BCUT2D eigenvalue weighted by atomic mass is 10.1. The monoisotopic (exact) mass is 226 g/mol. The van der Waals surface area contributed by atoms with Crippen LogP contribution in [0.15, 0.2) is 6.20 Å². The number of nitrogens with two attached hydrogens (primary N) is 1. The van der Waals surface area contributed by atoms with E-state index in [9.17, 15) is 0 Å². The first-order chi connectivity index (χ1) is 7.88. The molecule has 0 aliphatic carbocycles. The van der Waals surface area contributed by atoms with E-state index in [2.05, 4.69) is 10.3 Å². The molecule has 0 aromatic carbocycles. The molecular formula is C10H18N4O2. The Labute approximate surface area is 94.7 Å². The number of hydrogen-bond donors (Lipinski definition) is 1. The highest BCUT2D eigenvalue weighted by atomic mass is 16.5. The lowest BCUT2D eigenvalue weighted by Gasteiger charge is -2.25. The zero-order chi connectivity index (χ0) is 11.2. The molecule has 0 saturated carbocycles. The molecule has 1 aromatic heterocycles. The van der Waals surface area contributed by atoms with Crippen molar-refractivity contribution in [1.29, 1.82) is 0 Å². The Bertz CT molecular complexity index is 312. The second kappa shape index (κ2) is 5.93. The van der Waals surface area contributed by atoms with E-state index in [4.69, 9.17) is 15.2 Å². The normalized spacial score (nSPS) is 16.3. The molecule has 0 amide bonds. The third-order valence-corrected chi connectivity index (χ3v) is 2.49. The molecule has 1 aliphatic heterocycles. The van der Waals surface area contributed by atoms with Crippen molar-refractivity contribution in [3.05, 3.63) is 11.9 Å². The van der Waals surface area contributed by atoms with Gasteiger partial charge in [-0.1, -0.05) is 5.21 Å². The number of nitrogens with zero attached hydrogens (tertiary/aromatic N) is 3. The van der Waals surface area contributed by atoms with Gasteiger partial charge >= 0.3 is 0 Å². The van der Waals surface area contributed by atoms with Gasteiger partial charge in [0.2, 0.25) is 0 Å². The van der Waals surface area contributed by atoms with Crippen molar-refractivity contribution in [3.8, 4) is 0 Å². The van der Waals surface area contributed by atoms with Gasteiger partial charge in [-0.3, -0.25) is 4.68 Å². The zero-order valence-corrected chi connectivity index (χ0v) is 9.34. The lowest BCUT2D eigenvalue weighted by Crippen LogP contribution is -2.31. The number of hydrogen-bond acceptors (Lipinski definition) is 5. The summed E-state index contributed by atoms with van der Waals surface area (Å²) in [5.74, 6) is 0.562. The van der Waals surface area contributed by atoms with E-state index in [0.717, 1.165) is 38.5 Å². The summed E-state index contributed by atoms with van der Waals surface area (Å²) in [5, 5.41) is 8.02. The Morgan fingerprint density at radius 1 is 1.56 bits per heavy atom. The van der Waals surface area contributed by atoms with Crippen LogP contribution in [0.2, 0.25) is 0 Å². The van der Waals surface area contributed by atoms with Crippen LogP contribution in [0.5, 0.6) is 0 Å². The molecular weight excluding hydrogens is 208 g/mol. The molecule has 2 N–H and O–H groups in total. The number of rotatable bonds is 7. The highest BCUT2D eigenvalue weighted by Crippen LogP contribution is 2.10. The van der Waals surface area contributed by atoms with Crippen LogP contribution in [0.1, 0.15) is 12.1 Å². The Morgan fingerprint density at radius 3 is 3.12 bits per heavy atom. The van der Waals surface area contributed by atoms with E-state index in [0.29, 0.717) is 19.1 Å². The van der Waals surface area contributed by atoms with E-state index < -0.39 is 0 Å². The van der Waals surface area contributed by atoms with E-state index in [1.807, 2.05) is 6.20 Å². The van der Waals surface area contributed by atoms with E-state index in [-0.39, 0.29) is 0 Å². The SMILES string of the molecule is NCCCn1cc(COCC2COC2)nn1. The number of aryl methyl sites for hydroxylation is 1. The van der Waals surface area contributed by atoms with Crippen LogP contribution in [0.4, 0.5) is 0 Å². The molecule has 0 radical (unpaired) electrons. The largest absolute Gasteiger partial charge is 0.381 e. The second-order valence-electron chi connectivity index (χ2n) is 4.03. The molecule has 0 bridgehead atoms. The molecule has 16 heavy (non-hydrogen) atoms.